The Labute approximate surface area is 168 Å². The van der Waals surface area contributed by atoms with Gasteiger partial charge >= 0.3 is 0 Å². The maximum Gasteiger partial charge on any atom is 0.193 e. The van der Waals surface area contributed by atoms with Gasteiger partial charge in [0.05, 0.1) is 20.3 Å². The van der Waals surface area contributed by atoms with E-state index in [9.17, 15) is 0 Å². The Bertz CT molecular complexity index is 576. The molecule has 0 fully saturated rings. The third-order valence-electron chi connectivity index (χ3n) is 4.05. The van der Waals surface area contributed by atoms with Crippen LogP contribution in [0.3, 0.4) is 0 Å². The van der Waals surface area contributed by atoms with Gasteiger partial charge in [0.25, 0.3) is 0 Å². The second-order valence-electron chi connectivity index (χ2n) is 5.84. The van der Waals surface area contributed by atoms with E-state index in [1.54, 1.807) is 7.11 Å². The average Bonchev–Trinajstić information content (AvgIpc) is 2.62. The maximum atomic E-state index is 5.44. The van der Waals surface area contributed by atoms with Crippen molar-refractivity contribution in [3.05, 3.63) is 41.5 Å². The molecule has 0 saturated carbocycles. The third-order valence-corrected chi connectivity index (χ3v) is 4.05. The molecule has 1 heterocycles. The molecule has 0 amide bonds. The highest BCUT2D eigenvalue weighted by Crippen LogP contribution is 2.18. The lowest BCUT2D eigenvalue weighted by atomic mass is 10.1. The van der Waals surface area contributed by atoms with E-state index in [4.69, 9.17) is 14.5 Å². The molecular formula is C19H30IN3O2. The summed E-state index contributed by atoms with van der Waals surface area (Å²) in [5.74, 6) is 1.84. The van der Waals surface area contributed by atoms with E-state index in [1.807, 2.05) is 18.2 Å². The van der Waals surface area contributed by atoms with Gasteiger partial charge in [0.1, 0.15) is 5.75 Å². The molecule has 1 N–H and O–H groups in total. The number of para-hydroxylation sites is 1. The zero-order valence-corrected chi connectivity index (χ0v) is 17.8. The summed E-state index contributed by atoms with van der Waals surface area (Å²) in [6.45, 7) is 6.08. The number of methoxy groups -OCH3 is 1. The van der Waals surface area contributed by atoms with Gasteiger partial charge in [-0.05, 0) is 25.8 Å². The van der Waals surface area contributed by atoms with Gasteiger partial charge in [-0.2, -0.15) is 0 Å². The second kappa shape index (κ2) is 12.1. The first kappa shape index (κ1) is 21.8. The van der Waals surface area contributed by atoms with Crippen molar-refractivity contribution >= 4 is 29.9 Å². The van der Waals surface area contributed by atoms with Crippen molar-refractivity contribution in [1.29, 1.82) is 0 Å². The first-order chi connectivity index (χ1) is 11.7. The Morgan fingerprint density at radius 3 is 2.84 bits per heavy atom. The average molecular weight is 459 g/mol. The van der Waals surface area contributed by atoms with Gasteiger partial charge in [-0.3, -0.25) is 4.99 Å². The molecule has 0 unspecified atom stereocenters. The molecule has 0 bridgehead atoms. The number of guanidine groups is 1. The molecule has 1 aliphatic heterocycles. The second-order valence-corrected chi connectivity index (χ2v) is 5.84. The molecule has 6 heteroatoms. The summed E-state index contributed by atoms with van der Waals surface area (Å²) in [6, 6.07) is 8.10. The minimum atomic E-state index is 0. The van der Waals surface area contributed by atoms with Crippen molar-refractivity contribution in [3.63, 3.8) is 0 Å². The van der Waals surface area contributed by atoms with Gasteiger partial charge in [-0.15, -0.1) is 24.0 Å². The Hall–Kier alpha value is -1.28. The van der Waals surface area contributed by atoms with Crippen LogP contribution >= 0.6 is 24.0 Å². The van der Waals surface area contributed by atoms with Crippen molar-refractivity contribution in [2.45, 2.75) is 26.3 Å². The smallest absolute Gasteiger partial charge is 0.193 e. The largest absolute Gasteiger partial charge is 0.496 e. The van der Waals surface area contributed by atoms with Crippen LogP contribution in [0.15, 0.2) is 40.9 Å². The van der Waals surface area contributed by atoms with E-state index >= 15 is 0 Å². The number of hydrogen-bond donors (Lipinski definition) is 1. The fourth-order valence-electron chi connectivity index (χ4n) is 2.73. The first-order valence-corrected chi connectivity index (χ1v) is 8.61. The van der Waals surface area contributed by atoms with Crippen molar-refractivity contribution in [1.82, 2.24) is 10.2 Å². The van der Waals surface area contributed by atoms with Crippen LogP contribution in [-0.2, 0) is 11.3 Å². The van der Waals surface area contributed by atoms with E-state index in [0.29, 0.717) is 0 Å². The van der Waals surface area contributed by atoms with E-state index in [0.717, 1.165) is 63.0 Å². The fraction of sp³-hybridized carbons (Fsp3) is 0.526. The Kier molecular flexibility index (Phi) is 10.6. The molecule has 0 aromatic heterocycles. The number of ether oxygens (including phenoxy) is 2. The van der Waals surface area contributed by atoms with Crippen molar-refractivity contribution in [2.75, 3.05) is 40.5 Å². The molecule has 1 aromatic carbocycles. The number of hydrogen-bond acceptors (Lipinski definition) is 3. The minimum absolute atomic E-state index is 0. The van der Waals surface area contributed by atoms with Crippen LogP contribution < -0.4 is 10.1 Å². The van der Waals surface area contributed by atoms with Gasteiger partial charge in [0.2, 0.25) is 0 Å². The summed E-state index contributed by atoms with van der Waals surface area (Å²) in [4.78, 5) is 6.91. The molecule has 5 nitrogen and oxygen atoms in total. The van der Waals surface area contributed by atoms with Gasteiger partial charge in [-0.1, -0.05) is 29.8 Å². The Balaban J connectivity index is 0.00000312. The summed E-state index contributed by atoms with van der Waals surface area (Å²) in [5.41, 5.74) is 2.61. The Morgan fingerprint density at radius 1 is 1.36 bits per heavy atom. The highest BCUT2D eigenvalue weighted by Gasteiger charge is 2.10. The van der Waals surface area contributed by atoms with E-state index in [2.05, 4.69) is 36.3 Å². The van der Waals surface area contributed by atoms with Crippen LogP contribution in [0.1, 0.15) is 25.3 Å². The van der Waals surface area contributed by atoms with E-state index in [1.165, 1.54) is 5.57 Å². The van der Waals surface area contributed by atoms with Gasteiger partial charge in [0.15, 0.2) is 5.96 Å². The summed E-state index contributed by atoms with van der Waals surface area (Å²) >= 11 is 0. The van der Waals surface area contributed by atoms with Gasteiger partial charge in [-0.25, -0.2) is 0 Å². The number of aliphatic imine (C=N–C) groups is 1. The molecule has 140 valence electrons. The normalized spacial score (nSPS) is 14.4. The van der Waals surface area contributed by atoms with Crippen molar-refractivity contribution in [2.24, 2.45) is 4.99 Å². The highest BCUT2D eigenvalue weighted by atomic mass is 127. The van der Waals surface area contributed by atoms with Crippen molar-refractivity contribution < 1.29 is 9.47 Å². The van der Waals surface area contributed by atoms with Crippen LogP contribution in [0.4, 0.5) is 0 Å². The highest BCUT2D eigenvalue weighted by molar-refractivity contribution is 14.0. The zero-order chi connectivity index (χ0) is 17.2. The van der Waals surface area contributed by atoms with Crippen LogP contribution in [0, 0.1) is 0 Å². The number of halogens is 1. The van der Waals surface area contributed by atoms with Crippen LogP contribution in [0.2, 0.25) is 0 Å². The van der Waals surface area contributed by atoms with Gasteiger partial charge in [0, 0.05) is 32.2 Å². The molecule has 25 heavy (non-hydrogen) atoms. The molecule has 0 spiro atoms. The van der Waals surface area contributed by atoms with E-state index < -0.39 is 0 Å². The summed E-state index contributed by atoms with van der Waals surface area (Å²) in [5, 5.41) is 3.37. The molecule has 0 saturated heterocycles. The lowest BCUT2D eigenvalue weighted by Crippen LogP contribution is -2.38. The summed E-state index contributed by atoms with van der Waals surface area (Å²) in [6.07, 6.45) is 4.22. The number of rotatable bonds is 7. The minimum Gasteiger partial charge on any atom is -0.496 e. The third kappa shape index (κ3) is 7.23. The van der Waals surface area contributed by atoms with Crippen molar-refractivity contribution in [3.8, 4) is 5.75 Å². The quantitative estimate of drug-likeness (QED) is 0.294. The maximum absolute atomic E-state index is 5.44. The molecular weight excluding hydrogens is 429 g/mol. The van der Waals surface area contributed by atoms with Crippen LogP contribution in [0.5, 0.6) is 5.75 Å². The number of nitrogens with one attached hydrogen (secondary N) is 1. The SMILES string of the molecule is CCNC(=NCCC1=CCOCC1)N(C)Cc1ccccc1OC.I. The first-order valence-electron chi connectivity index (χ1n) is 8.61. The predicted octanol–water partition coefficient (Wildman–Crippen LogP) is 3.45. The van der Waals surface area contributed by atoms with Crippen LogP contribution in [-0.4, -0.2) is 51.3 Å². The molecule has 0 aliphatic carbocycles. The topological polar surface area (TPSA) is 46.1 Å². The number of benzene rings is 1. The fourth-order valence-corrected chi connectivity index (χ4v) is 2.73. The van der Waals surface area contributed by atoms with E-state index in [-0.39, 0.29) is 24.0 Å². The van der Waals surface area contributed by atoms with Gasteiger partial charge < -0.3 is 19.7 Å². The standard InChI is InChI=1S/C19H29N3O2.HI/c1-4-20-19(21-12-9-16-10-13-24-14-11-16)22(2)15-17-7-5-6-8-18(17)23-3;/h5-8,10H,4,9,11-15H2,1-3H3,(H,20,21);1H. The van der Waals surface area contributed by atoms with Crippen LogP contribution in [0.25, 0.3) is 0 Å². The monoisotopic (exact) mass is 459 g/mol. The molecule has 1 aromatic rings. The molecule has 1 aliphatic rings. The molecule has 2 rings (SSSR count). The lowest BCUT2D eigenvalue weighted by molar-refractivity contribution is 0.153. The predicted molar refractivity (Wildman–Crippen MR) is 114 cm³/mol. The summed E-state index contributed by atoms with van der Waals surface area (Å²) < 4.78 is 10.8. The zero-order valence-electron chi connectivity index (χ0n) is 15.5. The Morgan fingerprint density at radius 2 is 2.16 bits per heavy atom. The number of nitrogens with zero attached hydrogens (tertiary/aromatic N) is 2. The lowest BCUT2D eigenvalue weighted by Gasteiger charge is -2.23. The summed E-state index contributed by atoms with van der Waals surface area (Å²) in [7, 11) is 3.77. The molecule has 0 radical (unpaired) electrons. The molecule has 0 atom stereocenters.